The minimum atomic E-state index is 0.472. The molecule has 0 atom stereocenters. The van der Waals surface area contributed by atoms with Gasteiger partial charge in [0.25, 0.3) is 0 Å². The predicted molar refractivity (Wildman–Crippen MR) is 67.1 cm³/mol. The van der Waals surface area contributed by atoms with E-state index in [1.165, 1.54) is 0 Å². The molecule has 0 aliphatic heterocycles. The van der Waals surface area contributed by atoms with E-state index in [0.29, 0.717) is 30.7 Å². The van der Waals surface area contributed by atoms with Gasteiger partial charge in [0.15, 0.2) is 0 Å². The number of nitrogen functional groups attached to an aromatic ring is 1. The maximum absolute atomic E-state index is 5.73. The molecular formula is C12H21N3O2. The lowest BCUT2D eigenvalue weighted by atomic mass is 10.3. The fourth-order valence-corrected chi connectivity index (χ4v) is 1.31. The SMILES string of the molecule is CCCCOCCOc1nc(C)nc(N)c1C. The van der Waals surface area contributed by atoms with E-state index in [4.69, 9.17) is 15.2 Å². The van der Waals surface area contributed by atoms with Crippen LogP contribution in [0, 0.1) is 13.8 Å². The monoisotopic (exact) mass is 239 g/mol. The van der Waals surface area contributed by atoms with Crippen LogP contribution in [0.2, 0.25) is 0 Å². The van der Waals surface area contributed by atoms with Crippen LogP contribution >= 0.6 is 0 Å². The summed E-state index contributed by atoms with van der Waals surface area (Å²) in [6, 6.07) is 0. The van der Waals surface area contributed by atoms with Crippen molar-refractivity contribution in [3.8, 4) is 5.88 Å². The summed E-state index contributed by atoms with van der Waals surface area (Å²) >= 11 is 0. The van der Waals surface area contributed by atoms with Gasteiger partial charge in [0, 0.05) is 6.61 Å². The highest BCUT2D eigenvalue weighted by Crippen LogP contribution is 2.18. The highest BCUT2D eigenvalue weighted by Gasteiger charge is 2.07. The van der Waals surface area contributed by atoms with Crippen molar-refractivity contribution in [3.63, 3.8) is 0 Å². The largest absolute Gasteiger partial charge is 0.475 e. The van der Waals surface area contributed by atoms with Gasteiger partial charge in [-0.05, 0) is 20.3 Å². The summed E-state index contributed by atoms with van der Waals surface area (Å²) in [6.45, 7) is 7.62. The molecule has 96 valence electrons. The molecule has 0 radical (unpaired) electrons. The summed E-state index contributed by atoms with van der Waals surface area (Å²) in [6.07, 6.45) is 2.22. The van der Waals surface area contributed by atoms with Gasteiger partial charge in [0.2, 0.25) is 5.88 Å². The molecule has 0 spiro atoms. The van der Waals surface area contributed by atoms with E-state index in [2.05, 4.69) is 16.9 Å². The summed E-state index contributed by atoms with van der Waals surface area (Å²) in [7, 11) is 0. The molecule has 0 aliphatic carbocycles. The third kappa shape index (κ3) is 4.56. The normalized spacial score (nSPS) is 10.5. The number of anilines is 1. The van der Waals surface area contributed by atoms with Crippen LogP contribution in [0.3, 0.4) is 0 Å². The number of unbranched alkanes of at least 4 members (excludes halogenated alkanes) is 1. The zero-order chi connectivity index (χ0) is 12.7. The van der Waals surface area contributed by atoms with Gasteiger partial charge < -0.3 is 15.2 Å². The summed E-state index contributed by atoms with van der Waals surface area (Å²) in [5.74, 6) is 1.64. The summed E-state index contributed by atoms with van der Waals surface area (Å²) in [5.41, 5.74) is 6.51. The van der Waals surface area contributed by atoms with Crippen LogP contribution in [0.1, 0.15) is 31.2 Å². The van der Waals surface area contributed by atoms with Gasteiger partial charge in [-0.3, -0.25) is 0 Å². The van der Waals surface area contributed by atoms with E-state index in [1.54, 1.807) is 6.92 Å². The number of aromatic nitrogens is 2. The lowest BCUT2D eigenvalue weighted by Gasteiger charge is -2.10. The number of hydrogen-bond acceptors (Lipinski definition) is 5. The number of nitrogens with two attached hydrogens (primary N) is 1. The fourth-order valence-electron chi connectivity index (χ4n) is 1.31. The first-order valence-electron chi connectivity index (χ1n) is 5.96. The molecule has 17 heavy (non-hydrogen) atoms. The smallest absolute Gasteiger partial charge is 0.221 e. The molecule has 5 heteroatoms. The molecule has 2 N–H and O–H groups in total. The van der Waals surface area contributed by atoms with E-state index >= 15 is 0 Å². The second-order valence-corrected chi connectivity index (χ2v) is 3.90. The Kier molecular flexibility index (Phi) is 5.69. The van der Waals surface area contributed by atoms with E-state index in [9.17, 15) is 0 Å². The van der Waals surface area contributed by atoms with Crippen LogP contribution in [0.5, 0.6) is 5.88 Å². The van der Waals surface area contributed by atoms with Crippen LogP contribution in [0.4, 0.5) is 5.82 Å². The van der Waals surface area contributed by atoms with Crippen molar-refractivity contribution < 1.29 is 9.47 Å². The molecule has 0 unspecified atom stereocenters. The molecule has 0 aromatic carbocycles. The van der Waals surface area contributed by atoms with E-state index in [0.717, 1.165) is 25.0 Å². The van der Waals surface area contributed by atoms with Gasteiger partial charge in [-0.25, -0.2) is 4.98 Å². The van der Waals surface area contributed by atoms with Crippen LogP contribution < -0.4 is 10.5 Å². The van der Waals surface area contributed by atoms with Gasteiger partial charge >= 0.3 is 0 Å². The van der Waals surface area contributed by atoms with Crippen LogP contribution in [-0.4, -0.2) is 29.8 Å². The minimum Gasteiger partial charge on any atom is -0.475 e. The lowest BCUT2D eigenvalue weighted by Crippen LogP contribution is -2.11. The Morgan fingerprint density at radius 1 is 1.12 bits per heavy atom. The number of aryl methyl sites for hydroxylation is 1. The van der Waals surface area contributed by atoms with Crippen molar-refractivity contribution in [1.82, 2.24) is 9.97 Å². The van der Waals surface area contributed by atoms with Gasteiger partial charge in [-0.2, -0.15) is 4.98 Å². The molecule has 0 amide bonds. The summed E-state index contributed by atoms with van der Waals surface area (Å²) in [5, 5.41) is 0. The second-order valence-electron chi connectivity index (χ2n) is 3.90. The second kappa shape index (κ2) is 7.06. The standard InChI is InChI=1S/C12H21N3O2/c1-4-5-6-16-7-8-17-12-9(2)11(13)14-10(3)15-12/h4-8H2,1-3H3,(H2,13,14,15). The highest BCUT2D eigenvalue weighted by atomic mass is 16.5. The van der Waals surface area contributed by atoms with E-state index in [1.807, 2.05) is 6.92 Å². The van der Waals surface area contributed by atoms with Crippen LogP contribution in [-0.2, 0) is 4.74 Å². The molecule has 1 heterocycles. The van der Waals surface area contributed by atoms with Gasteiger partial charge in [-0.15, -0.1) is 0 Å². The van der Waals surface area contributed by atoms with E-state index < -0.39 is 0 Å². The Hall–Kier alpha value is -1.36. The number of rotatable bonds is 7. The number of hydrogen-bond donors (Lipinski definition) is 1. The van der Waals surface area contributed by atoms with E-state index in [-0.39, 0.29) is 0 Å². The molecule has 0 saturated carbocycles. The fraction of sp³-hybridized carbons (Fsp3) is 0.667. The average Bonchev–Trinajstić information content (AvgIpc) is 2.29. The molecule has 1 aromatic heterocycles. The quantitative estimate of drug-likeness (QED) is 0.735. The third-order valence-electron chi connectivity index (χ3n) is 2.36. The minimum absolute atomic E-state index is 0.472. The van der Waals surface area contributed by atoms with Crippen molar-refractivity contribution >= 4 is 5.82 Å². The molecule has 0 fully saturated rings. The summed E-state index contributed by atoms with van der Waals surface area (Å²) in [4.78, 5) is 8.26. The molecule has 1 aromatic rings. The average molecular weight is 239 g/mol. The van der Waals surface area contributed by atoms with Crippen molar-refractivity contribution in [2.45, 2.75) is 33.6 Å². The van der Waals surface area contributed by atoms with Crippen LogP contribution in [0.15, 0.2) is 0 Å². The maximum atomic E-state index is 5.73. The van der Waals surface area contributed by atoms with Gasteiger partial charge in [-0.1, -0.05) is 13.3 Å². The zero-order valence-corrected chi connectivity index (χ0v) is 10.8. The molecule has 1 rings (SSSR count). The van der Waals surface area contributed by atoms with Crippen molar-refractivity contribution in [3.05, 3.63) is 11.4 Å². The van der Waals surface area contributed by atoms with Gasteiger partial charge in [0.05, 0.1) is 12.2 Å². The lowest BCUT2D eigenvalue weighted by molar-refractivity contribution is 0.0962. The van der Waals surface area contributed by atoms with Gasteiger partial charge in [0.1, 0.15) is 18.2 Å². The van der Waals surface area contributed by atoms with Crippen LogP contribution in [0.25, 0.3) is 0 Å². The molecule has 5 nitrogen and oxygen atoms in total. The number of nitrogens with zero attached hydrogens (tertiary/aromatic N) is 2. The first kappa shape index (κ1) is 13.7. The first-order chi connectivity index (χ1) is 8.15. The van der Waals surface area contributed by atoms with Crippen molar-refractivity contribution in [1.29, 1.82) is 0 Å². The Balaban J connectivity index is 2.36. The summed E-state index contributed by atoms with van der Waals surface area (Å²) < 4.78 is 10.9. The van der Waals surface area contributed by atoms with Crippen molar-refractivity contribution in [2.75, 3.05) is 25.6 Å². The number of ether oxygens (including phenoxy) is 2. The Labute approximate surface area is 102 Å². The Bertz CT molecular complexity index is 356. The molecular weight excluding hydrogens is 218 g/mol. The molecule has 0 aliphatic rings. The third-order valence-corrected chi connectivity index (χ3v) is 2.36. The predicted octanol–water partition coefficient (Wildman–Crippen LogP) is 1.87. The molecule has 0 bridgehead atoms. The molecule has 0 saturated heterocycles. The zero-order valence-electron chi connectivity index (χ0n) is 10.8. The first-order valence-corrected chi connectivity index (χ1v) is 5.96. The Morgan fingerprint density at radius 2 is 1.88 bits per heavy atom. The maximum Gasteiger partial charge on any atom is 0.221 e. The highest BCUT2D eigenvalue weighted by molar-refractivity contribution is 5.44. The Morgan fingerprint density at radius 3 is 2.59 bits per heavy atom. The van der Waals surface area contributed by atoms with Crippen molar-refractivity contribution in [2.24, 2.45) is 0 Å². The topological polar surface area (TPSA) is 70.3 Å².